The van der Waals surface area contributed by atoms with Gasteiger partial charge >= 0.3 is 0 Å². The number of benzene rings is 1. The number of aromatic nitrogens is 4. The van der Waals surface area contributed by atoms with Gasteiger partial charge in [0.1, 0.15) is 18.1 Å². The van der Waals surface area contributed by atoms with Gasteiger partial charge in [-0.1, -0.05) is 0 Å². The summed E-state index contributed by atoms with van der Waals surface area (Å²) < 4.78 is 1.41. The van der Waals surface area contributed by atoms with E-state index in [9.17, 15) is 14.7 Å². The zero-order valence-electron chi connectivity index (χ0n) is 13.4. The summed E-state index contributed by atoms with van der Waals surface area (Å²) in [6.45, 7) is 2.88. The number of hydrogen-bond acceptors (Lipinski definition) is 7. The lowest BCUT2D eigenvalue weighted by molar-refractivity contribution is -0.131. The number of nitrogens with zero attached hydrogens (tertiary/aromatic N) is 6. The minimum absolute atomic E-state index is 0.0598. The smallest absolute Gasteiger partial charge is 0.257 e. The summed E-state index contributed by atoms with van der Waals surface area (Å²) in [5.41, 5.74) is 0.734. The van der Waals surface area contributed by atoms with E-state index in [0.717, 1.165) is 6.54 Å². The number of carbonyl (C=O) groups excluding carboxylic acids is 2. The number of aromatic hydroxyl groups is 1. The molecule has 0 spiro atoms. The van der Waals surface area contributed by atoms with Crippen LogP contribution in [0, 0.1) is 0 Å². The summed E-state index contributed by atoms with van der Waals surface area (Å²) in [5, 5.41) is 23.9. The highest BCUT2D eigenvalue weighted by Crippen LogP contribution is 2.23. The minimum atomic E-state index is -0.337. The Labute approximate surface area is 143 Å². The number of carbonyl (C=O) groups is 2. The largest absolute Gasteiger partial charge is 0.507 e. The highest BCUT2D eigenvalue weighted by Gasteiger charge is 2.36. The van der Waals surface area contributed by atoms with Crippen molar-refractivity contribution in [1.29, 1.82) is 0 Å². The summed E-state index contributed by atoms with van der Waals surface area (Å²) in [4.78, 5) is 28.6. The van der Waals surface area contributed by atoms with E-state index < -0.39 is 0 Å². The molecule has 2 aliphatic heterocycles. The number of piperazine rings is 2. The van der Waals surface area contributed by atoms with Crippen molar-refractivity contribution in [2.75, 3.05) is 32.7 Å². The number of phenolic OH excluding ortho intramolecular Hbond substituents is 1. The lowest BCUT2D eigenvalue weighted by atomic mass is 10.1. The summed E-state index contributed by atoms with van der Waals surface area (Å²) in [7, 11) is 0. The van der Waals surface area contributed by atoms with Crippen molar-refractivity contribution in [2.24, 2.45) is 0 Å². The Kier molecular flexibility index (Phi) is 3.80. The molecule has 0 bridgehead atoms. The molecule has 4 rings (SSSR count). The van der Waals surface area contributed by atoms with Crippen LogP contribution < -0.4 is 5.32 Å². The van der Waals surface area contributed by atoms with Crippen LogP contribution in [0.3, 0.4) is 0 Å². The van der Waals surface area contributed by atoms with Crippen molar-refractivity contribution in [1.82, 2.24) is 35.3 Å². The maximum atomic E-state index is 12.9. The van der Waals surface area contributed by atoms with E-state index in [2.05, 4.69) is 25.7 Å². The number of phenols is 1. The molecule has 10 heteroatoms. The first-order valence-corrected chi connectivity index (χ1v) is 8.01. The van der Waals surface area contributed by atoms with Crippen LogP contribution in [0.1, 0.15) is 10.4 Å². The molecule has 2 amide bonds. The van der Waals surface area contributed by atoms with Crippen LogP contribution in [0.4, 0.5) is 0 Å². The lowest BCUT2D eigenvalue weighted by Gasteiger charge is -2.43. The van der Waals surface area contributed by atoms with Gasteiger partial charge < -0.3 is 15.3 Å². The van der Waals surface area contributed by atoms with E-state index in [1.54, 1.807) is 17.0 Å². The van der Waals surface area contributed by atoms with E-state index >= 15 is 0 Å². The van der Waals surface area contributed by atoms with Gasteiger partial charge in [-0.2, -0.15) is 0 Å². The van der Waals surface area contributed by atoms with Gasteiger partial charge in [0, 0.05) is 32.7 Å². The van der Waals surface area contributed by atoms with Crippen molar-refractivity contribution in [3.63, 3.8) is 0 Å². The molecular weight excluding hydrogens is 326 g/mol. The van der Waals surface area contributed by atoms with Gasteiger partial charge in [0.15, 0.2) is 0 Å². The minimum Gasteiger partial charge on any atom is -0.507 e. The third-order valence-electron chi connectivity index (χ3n) is 4.60. The molecule has 10 nitrogen and oxygen atoms in total. The molecular formula is C15H17N7O3. The second-order valence-corrected chi connectivity index (χ2v) is 6.05. The fourth-order valence-corrected chi connectivity index (χ4v) is 3.25. The van der Waals surface area contributed by atoms with Crippen molar-refractivity contribution in [2.45, 2.75) is 6.04 Å². The fourth-order valence-electron chi connectivity index (χ4n) is 3.25. The molecule has 2 saturated heterocycles. The Hall–Kier alpha value is -3.01. The summed E-state index contributed by atoms with van der Waals surface area (Å²) in [6, 6.07) is 4.26. The number of hydrogen-bond donors (Lipinski definition) is 2. The molecule has 3 heterocycles. The van der Waals surface area contributed by atoms with Crippen LogP contribution in [0.25, 0.3) is 5.69 Å². The quantitative estimate of drug-likeness (QED) is 0.690. The van der Waals surface area contributed by atoms with E-state index in [1.165, 1.54) is 17.1 Å². The molecule has 0 radical (unpaired) electrons. The number of amides is 2. The molecule has 130 valence electrons. The molecule has 0 saturated carbocycles. The van der Waals surface area contributed by atoms with E-state index in [4.69, 9.17) is 0 Å². The summed E-state index contributed by atoms with van der Waals surface area (Å²) in [5.74, 6) is -0.488. The van der Waals surface area contributed by atoms with Crippen molar-refractivity contribution in [3.8, 4) is 11.4 Å². The van der Waals surface area contributed by atoms with Crippen molar-refractivity contribution >= 4 is 11.8 Å². The van der Waals surface area contributed by atoms with Gasteiger partial charge in [0.05, 0.1) is 11.3 Å². The average molecular weight is 343 g/mol. The Morgan fingerprint density at radius 2 is 2.16 bits per heavy atom. The third kappa shape index (κ3) is 2.80. The van der Waals surface area contributed by atoms with Gasteiger partial charge in [0.2, 0.25) is 5.91 Å². The molecule has 2 aliphatic rings. The van der Waals surface area contributed by atoms with Crippen molar-refractivity contribution in [3.05, 3.63) is 30.1 Å². The molecule has 1 aromatic carbocycles. The fraction of sp³-hybridized carbons (Fsp3) is 0.400. The van der Waals surface area contributed by atoms with Gasteiger partial charge in [0.25, 0.3) is 5.91 Å². The SMILES string of the molecule is O=C1NCCN2CCN(C(=O)c3cc(-n4cnnn4)ccc3O)C[C@@H]12. The Morgan fingerprint density at radius 1 is 1.28 bits per heavy atom. The number of fused-ring (bicyclic) bond motifs is 1. The normalized spacial score (nSPS) is 20.9. The highest BCUT2D eigenvalue weighted by atomic mass is 16.3. The topological polar surface area (TPSA) is 116 Å². The van der Waals surface area contributed by atoms with Gasteiger partial charge in [-0.15, -0.1) is 5.10 Å². The van der Waals surface area contributed by atoms with E-state index in [-0.39, 0.29) is 29.2 Å². The van der Waals surface area contributed by atoms with Crippen LogP contribution in [-0.4, -0.2) is 85.7 Å². The van der Waals surface area contributed by atoms with Crippen LogP contribution in [0.15, 0.2) is 24.5 Å². The third-order valence-corrected chi connectivity index (χ3v) is 4.60. The molecule has 0 aliphatic carbocycles. The predicted molar refractivity (Wildman–Crippen MR) is 85.1 cm³/mol. The van der Waals surface area contributed by atoms with E-state index in [0.29, 0.717) is 31.9 Å². The second-order valence-electron chi connectivity index (χ2n) is 6.05. The number of tetrazole rings is 1. The Bertz CT molecular complexity index is 807. The highest BCUT2D eigenvalue weighted by molar-refractivity contribution is 5.98. The Balaban J connectivity index is 1.58. The molecule has 25 heavy (non-hydrogen) atoms. The molecule has 1 atom stereocenters. The molecule has 1 aromatic heterocycles. The predicted octanol–water partition coefficient (Wildman–Crippen LogP) is -1.38. The molecule has 2 fully saturated rings. The van der Waals surface area contributed by atoms with Gasteiger partial charge in [-0.05, 0) is 28.6 Å². The lowest BCUT2D eigenvalue weighted by Crippen LogP contribution is -2.64. The molecule has 2 N–H and O–H groups in total. The van der Waals surface area contributed by atoms with Crippen LogP contribution in [0.5, 0.6) is 5.75 Å². The maximum absolute atomic E-state index is 12.9. The van der Waals surface area contributed by atoms with E-state index in [1.807, 2.05) is 0 Å². The Morgan fingerprint density at radius 3 is 2.96 bits per heavy atom. The summed E-state index contributed by atoms with van der Waals surface area (Å²) >= 11 is 0. The monoisotopic (exact) mass is 343 g/mol. The number of nitrogens with one attached hydrogen (secondary N) is 1. The zero-order valence-corrected chi connectivity index (χ0v) is 13.4. The van der Waals surface area contributed by atoms with Crippen LogP contribution in [0.2, 0.25) is 0 Å². The first-order chi connectivity index (χ1) is 12.1. The first-order valence-electron chi connectivity index (χ1n) is 8.01. The average Bonchev–Trinajstić information content (AvgIpc) is 3.16. The molecule has 0 unspecified atom stereocenters. The standard InChI is InChI=1S/C15H17N7O3/c23-13-2-1-10(22-9-17-18-19-22)7-11(13)15(25)21-6-5-20-4-3-16-14(24)12(20)8-21/h1-2,7,9,12,23H,3-6,8H2,(H,16,24)/t12-/m0/s1. The van der Waals surface area contributed by atoms with Crippen LogP contribution in [-0.2, 0) is 4.79 Å². The second kappa shape index (κ2) is 6.13. The zero-order chi connectivity index (χ0) is 17.4. The molecule has 2 aromatic rings. The number of rotatable bonds is 2. The van der Waals surface area contributed by atoms with Crippen molar-refractivity contribution < 1.29 is 14.7 Å². The van der Waals surface area contributed by atoms with Gasteiger partial charge in [-0.3, -0.25) is 14.5 Å². The maximum Gasteiger partial charge on any atom is 0.257 e. The summed E-state index contributed by atoms with van der Waals surface area (Å²) in [6.07, 6.45) is 1.41. The first kappa shape index (κ1) is 15.5. The van der Waals surface area contributed by atoms with Gasteiger partial charge in [-0.25, -0.2) is 4.68 Å². The van der Waals surface area contributed by atoms with Crippen LogP contribution >= 0.6 is 0 Å².